The predicted molar refractivity (Wildman–Crippen MR) is 107 cm³/mol. The van der Waals surface area contributed by atoms with Gasteiger partial charge >= 0.3 is 5.91 Å². The minimum Gasteiger partial charge on any atom is -0.493 e. The minimum absolute atomic E-state index is 0.143. The van der Waals surface area contributed by atoms with Crippen LogP contribution < -0.4 is 19.6 Å². The number of furan rings is 1. The lowest BCUT2D eigenvalue weighted by Gasteiger charge is -2.12. The van der Waals surface area contributed by atoms with Gasteiger partial charge in [-0.15, -0.1) is 0 Å². The van der Waals surface area contributed by atoms with E-state index in [9.17, 15) is 4.79 Å². The van der Waals surface area contributed by atoms with Crippen LogP contribution in [0.3, 0.4) is 0 Å². The molecule has 0 aliphatic rings. The number of fused-ring (bicyclic) bond motifs is 1. The molecule has 3 rings (SSSR count). The molecule has 0 aliphatic heterocycles. The summed E-state index contributed by atoms with van der Waals surface area (Å²) in [6, 6.07) is 12.5. The van der Waals surface area contributed by atoms with Crippen molar-refractivity contribution >= 4 is 23.1 Å². The second-order valence-electron chi connectivity index (χ2n) is 5.92. The van der Waals surface area contributed by atoms with Crippen LogP contribution in [0.4, 0.5) is 0 Å². The summed E-state index contributed by atoms with van der Waals surface area (Å²) in [6.45, 7) is 2.57. The van der Waals surface area contributed by atoms with Gasteiger partial charge in [0, 0.05) is 10.9 Å². The minimum atomic E-state index is -0.464. The van der Waals surface area contributed by atoms with Gasteiger partial charge < -0.3 is 18.6 Å². The number of hydrazone groups is 1. The monoisotopic (exact) mass is 382 g/mol. The first kappa shape index (κ1) is 19.3. The van der Waals surface area contributed by atoms with Gasteiger partial charge in [0.2, 0.25) is 0 Å². The lowest BCUT2D eigenvalue weighted by Crippen LogP contribution is -2.16. The van der Waals surface area contributed by atoms with Crippen molar-refractivity contribution in [3.8, 4) is 17.2 Å². The highest BCUT2D eigenvalue weighted by Crippen LogP contribution is 2.30. The Kier molecular flexibility index (Phi) is 6.16. The number of ether oxygens (including phenoxy) is 3. The molecule has 0 saturated carbocycles. The molecule has 0 atom stereocenters. The number of amides is 1. The highest BCUT2D eigenvalue weighted by atomic mass is 16.5. The molecule has 3 aromatic rings. The van der Waals surface area contributed by atoms with Crippen LogP contribution in [0, 0.1) is 0 Å². The largest absolute Gasteiger partial charge is 0.493 e. The third-order valence-electron chi connectivity index (χ3n) is 4.00. The van der Waals surface area contributed by atoms with Crippen molar-refractivity contribution in [2.45, 2.75) is 13.3 Å². The zero-order chi connectivity index (χ0) is 19.9. The van der Waals surface area contributed by atoms with Gasteiger partial charge in [-0.1, -0.05) is 25.1 Å². The first-order valence-electron chi connectivity index (χ1n) is 8.87. The predicted octanol–water partition coefficient (Wildman–Crippen LogP) is 4.00. The van der Waals surface area contributed by atoms with Crippen LogP contribution in [0.15, 0.2) is 52.0 Å². The van der Waals surface area contributed by atoms with Crippen molar-refractivity contribution in [2.24, 2.45) is 5.10 Å². The van der Waals surface area contributed by atoms with Crippen LogP contribution in [0.1, 0.15) is 29.5 Å². The quantitative estimate of drug-likeness (QED) is 0.470. The average Bonchev–Trinajstić information content (AvgIpc) is 3.17. The van der Waals surface area contributed by atoms with Gasteiger partial charge in [0.1, 0.15) is 0 Å². The molecule has 1 aromatic heterocycles. The summed E-state index contributed by atoms with van der Waals surface area (Å²) in [4.78, 5) is 12.4. The average molecular weight is 382 g/mol. The molecule has 0 saturated heterocycles. The third kappa shape index (κ3) is 4.09. The van der Waals surface area contributed by atoms with E-state index in [0.717, 1.165) is 11.8 Å². The number of hydrogen-bond acceptors (Lipinski definition) is 6. The molecule has 0 fully saturated rings. The molecule has 1 N–H and O–H groups in total. The Morgan fingerprint density at radius 2 is 1.89 bits per heavy atom. The molecule has 0 bridgehead atoms. The zero-order valence-corrected chi connectivity index (χ0v) is 16.0. The number of carbonyl (C=O) groups is 1. The van der Waals surface area contributed by atoms with Crippen LogP contribution in [0.2, 0.25) is 0 Å². The molecule has 1 heterocycles. The highest BCUT2D eigenvalue weighted by Gasteiger charge is 2.14. The molecular weight excluding hydrogens is 360 g/mol. The molecule has 7 heteroatoms. The summed E-state index contributed by atoms with van der Waals surface area (Å²) in [7, 11) is 3.13. The fourth-order valence-electron chi connectivity index (χ4n) is 2.68. The maximum atomic E-state index is 12.4. The van der Waals surface area contributed by atoms with Crippen molar-refractivity contribution in [2.75, 3.05) is 20.8 Å². The van der Waals surface area contributed by atoms with Crippen molar-refractivity contribution in [1.82, 2.24) is 5.43 Å². The molecule has 7 nitrogen and oxygen atoms in total. The Bertz CT molecular complexity index is 994. The van der Waals surface area contributed by atoms with E-state index in [1.54, 1.807) is 26.4 Å². The lowest BCUT2D eigenvalue weighted by atomic mass is 10.2. The van der Waals surface area contributed by atoms with Crippen LogP contribution in [0.25, 0.3) is 11.0 Å². The molecule has 0 aliphatic carbocycles. The molecular formula is C21H22N2O5. The smallest absolute Gasteiger partial charge is 0.307 e. The number of nitrogens with one attached hydrogen (secondary N) is 1. The van der Waals surface area contributed by atoms with Crippen LogP contribution in [0.5, 0.6) is 17.2 Å². The van der Waals surface area contributed by atoms with Crippen molar-refractivity contribution in [3.05, 3.63) is 53.8 Å². The first-order valence-corrected chi connectivity index (χ1v) is 8.87. The number of nitrogens with zero attached hydrogens (tertiary/aromatic N) is 1. The fourth-order valence-corrected chi connectivity index (χ4v) is 2.68. The van der Waals surface area contributed by atoms with E-state index in [4.69, 9.17) is 18.6 Å². The maximum absolute atomic E-state index is 12.4. The number of rotatable bonds is 8. The van der Waals surface area contributed by atoms with Crippen molar-refractivity contribution in [3.63, 3.8) is 0 Å². The van der Waals surface area contributed by atoms with Gasteiger partial charge in [-0.2, -0.15) is 5.10 Å². The topological polar surface area (TPSA) is 82.3 Å². The normalized spacial score (nSPS) is 11.0. The zero-order valence-electron chi connectivity index (χ0n) is 16.0. The SMILES string of the molecule is CCCOc1c(/C=N\NC(=O)c2cc3cccc(OC)c3o2)cccc1OC. The molecule has 146 valence electrons. The van der Waals surface area contributed by atoms with Gasteiger partial charge in [0.05, 0.1) is 27.0 Å². The van der Waals surface area contributed by atoms with Crippen LogP contribution >= 0.6 is 0 Å². The second kappa shape index (κ2) is 8.94. The Labute approximate surface area is 162 Å². The summed E-state index contributed by atoms with van der Waals surface area (Å²) in [6.07, 6.45) is 2.37. The highest BCUT2D eigenvalue weighted by molar-refractivity contribution is 5.97. The number of carbonyl (C=O) groups excluding carboxylic acids is 1. The third-order valence-corrected chi connectivity index (χ3v) is 4.00. The second-order valence-corrected chi connectivity index (χ2v) is 5.92. The van der Waals surface area contributed by atoms with E-state index in [1.165, 1.54) is 6.21 Å². The number of hydrogen-bond donors (Lipinski definition) is 1. The van der Waals surface area contributed by atoms with E-state index in [2.05, 4.69) is 10.5 Å². The Balaban J connectivity index is 1.77. The van der Waals surface area contributed by atoms with Crippen molar-refractivity contribution < 1.29 is 23.4 Å². The van der Waals surface area contributed by atoms with Crippen LogP contribution in [-0.2, 0) is 0 Å². The van der Waals surface area contributed by atoms with E-state index < -0.39 is 5.91 Å². The molecule has 2 aromatic carbocycles. The van der Waals surface area contributed by atoms with Gasteiger partial charge in [-0.05, 0) is 30.7 Å². The molecule has 0 unspecified atom stereocenters. The van der Waals surface area contributed by atoms with Gasteiger partial charge in [0.15, 0.2) is 28.6 Å². The summed E-state index contributed by atoms with van der Waals surface area (Å²) < 4.78 is 21.9. The standard InChI is InChI=1S/C21H22N2O5/c1-4-11-27-19-15(8-6-9-16(19)25-2)13-22-23-21(24)18-12-14-7-5-10-17(26-3)20(14)28-18/h5-10,12-13H,4,11H2,1-3H3,(H,23,24)/b22-13-. The van der Waals surface area contributed by atoms with Crippen LogP contribution in [-0.4, -0.2) is 32.9 Å². The molecule has 28 heavy (non-hydrogen) atoms. The molecule has 1 amide bonds. The van der Waals surface area contributed by atoms with Gasteiger partial charge in [-0.25, -0.2) is 5.43 Å². The number of methoxy groups -OCH3 is 2. The number of benzene rings is 2. The number of para-hydroxylation sites is 2. The molecule has 0 spiro atoms. The van der Waals surface area contributed by atoms with Gasteiger partial charge in [0.25, 0.3) is 0 Å². The first-order chi connectivity index (χ1) is 13.7. The van der Waals surface area contributed by atoms with E-state index in [0.29, 0.717) is 35.0 Å². The van der Waals surface area contributed by atoms with E-state index in [1.807, 2.05) is 37.3 Å². The van der Waals surface area contributed by atoms with Gasteiger partial charge in [-0.3, -0.25) is 4.79 Å². The van der Waals surface area contributed by atoms with E-state index >= 15 is 0 Å². The molecule has 0 radical (unpaired) electrons. The summed E-state index contributed by atoms with van der Waals surface area (Å²) in [5.74, 6) is 1.43. The maximum Gasteiger partial charge on any atom is 0.307 e. The summed E-state index contributed by atoms with van der Waals surface area (Å²) >= 11 is 0. The van der Waals surface area contributed by atoms with E-state index in [-0.39, 0.29) is 5.76 Å². The Morgan fingerprint density at radius 3 is 2.64 bits per heavy atom. The fraction of sp³-hybridized carbons (Fsp3) is 0.238. The lowest BCUT2D eigenvalue weighted by molar-refractivity contribution is 0.0929. The summed E-state index contributed by atoms with van der Waals surface area (Å²) in [5, 5.41) is 4.80. The Hall–Kier alpha value is -3.48. The Morgan fingerprint density at radius 1 is 1.14 bits per heavy atom. The van der Waals surface area contributed by atoms with Crippen molar-refractivity contribution in [1.29, 1.82) is 0 Å². The summed E-state index contributed by atoms with van der Waals surface area (Å²) in [5.41, 5.74) is 3.68.